The van der Waals surface area contributed by atoms with E-state index >= 15 is 0 Å². The molecular weight excluding hydrogens is 276 g/mol. The lowest BCUT2D eigenvalue weighted by atomic mass is 9.80. The lowest BCUT2D eigenvalue weighted by molar-refractivity contribution is -0.147. The average molecular weight is 296 g/mol. The first kappa shape index (κ1) is 16.0. The molecule has 3 heteroatoms. The third-order valence-corrected chi connectivity index (χ3v) is 3.91. The monoisotopic (exact) mass is 296 g/mol. The number of allylic oxidation sites excluding steroid dienone is 3. The zero-order chi connectivity index (χ0) is 16.0. The van der Waals surface area contributed by atoms with E-state index in [0.717, 1.165) is 17.4 Å². The Labute approximate surface area is 131 Å². The molecule has 3 nitrogen and oxygen atoms in total. The zero-order valence-electron chi connectivity index (χ0n) is 12.9. The molecule has 0 bridgehead atoms. The maximum Gasteiger partial charge on any atom is 0.319 e. The van der Waals surface area contributed by atoms with Gasteiger partial charge in [0.15, 0.2) is 0 Å². The molecule has 0 saturated carbocycles. The minimum atomic E-state index is -0.777. The number of ether oxygens (including phenoxy) is 1. The van der Waals surface area contributed by atoms with E-state index in [1.165, 1.54) is 7.11 Å². The van der Waals surface area contributed by atoms with Gasteiger partial charge in [-0.05, 0) is 17.5 Å². The van der Waals surface area contributed by atoms with Crippen molar-refractivity contribution in [2.75, 3.05) is 7.11 Å². The molecular formula is C19H20O3. The molecule has 1 aromatic carbocycles. The number of carbonyl (C=O) groups excluding carboxylic acids is 2. The van der Waals surface area contributed by atoms with Crippen molar-refractivity contribution in [2.45, 2.75) is 19.3 Å². The van der Waals surface area contributed by atoms with Crippen LogP contribution in [-0.4, -0.2) is 19.4 Å². The molecule has 2 atom stereocenters. The summed E-state index contributed by atoms with van der Waals surface area (Å²) in [6.45, 7) is 1.86. The molecule has 0 aromatic heterocycles. The third kappa shape index (κ3) is 3.25. The Morgan fingerprint density at radius 3 is 2.73 bits per heavy atom. The number of esters is 1. The summed E-state index contributed by atoms with van der Waals surface area (Å²) in [5, 5.41) is 0. The minimum absolute atomic E-state index is 0.184. The molecule has 2 rings (SSSR count). The summed E-state index contributed by atoms with van der Waals surface area (Å²) in [4.78, 5) is 23.2. The largest absolute Gasteiger partial charge is 0.468 e. The summed E-state index contributed by atoms with van der Waals surface area (Å²) in [7, 11) is 1.40. The van der Waals surface area contributed by atoms with Gasteiger partial charge in [0.2, 0.25) is 0 Å². The van der Waals surface area contributed by atoms with Crippen LogP contribution in [0.1, 0.15) is 30.4 Å². The Bertz CT molecular complexity index is 640. The van der Waals surface area contributed by atoms with Crippen LogP contribution in [0.15, 0.2) is 54.6 Å². The molecule has 1 aromatic rings. The van der Waals surface area contributed by atoms with E-state index in [2.05, 4.69) is 0 Å². The van der Waals surface area contributed by atoms with Crippen LogP contribution in [0.5, 0.6) is 0 Å². The maximum atomic E-state index is 12.2. The third-order valence-electron chi connectivity index (χ3n) is 3.91. The van der Waals surface area contributed by atoms with Crippen molar-refractivity contribution in [3.63, 3.8) is 0 Å². The van der Waals surface area contributed by atoms with Gasteiger partial charge in [0.25, 0.3) is 0 Å². The van der Waals surface area contributed by atoms with Gasteiger partial charge in [0.1, 0.15) is 11.7 Å². The Hall–Kier alpha value is -2.42. The normalized spacial score (nSPS) is 21.7. The number of methoxy groups -OCH3 is 1. The fraction of sp³-hybridized carbons (Fsp3) is 0.263. The van der Waals surface area contributed by atoms with E-state index in [-0.39, 0.29) is 11.9 Å². The van der Waals surface area contributed by atoms with Gasteiger partial charge >= 0.3 is 5.97 Å². The lowest BCUT2D eigenvalue weighted by Crippen LogP contribution is -2.28. The molecule has 22 heavy (non-hydrogen) atoms. The molecule has 2 unspecified atom stereocenters. The van der Waals surface area contributed by atoms with Crippen LogP contribution >= 0.6 is 0 Å². The molecule has 0 heterocycles. The van der Waals surface area contributed by atoms with E-state index in [4.69, 9.17) is 4.74 Å². The smallest absolute Gasteiger partial charge is 0.319 e. The summed E-state index contributed by atoms with van der Waals surface area (Å²) in [5.41, 5.74) is 1.11. The second kappa shape index (κ2) is 7.03. The highest BCUT2D eigenvalue weighted by molar-refractivity contribution is 5.84. The Morgan fingerprint density at radius 1 is 1.32 bits per heavy atom. The second-order valence-electron chi connectivity index (χ2n) is 5.41. The number of carbonyl (C=O) groups is 2. The van der Waals surface area contributed by atoms with Crippen LogP contribution in [0.4, 0.5) is 0 Å². The van der Waals surface area contributed by atoms with Gasteiger partial charge in [-0.1, -0.05) is 67.6 Å². The fourth-order valence-electron chi connectivity index (χ4n) is 2.56. The molecule has 0 aliphatic heterocycles. The van der Waals surface area contributed by atoms with Gasteiger partial charge in [0.05, 0.1) is 7.11 Å². The van der Waals surface area contributed by atoms with Crippen LogP contribution < -0.4 is 0 Å². The van der Waals surface area contributed by atoms with Crippen molar-refractivity contribution in [1.29, 1.82) is 0 Å². The van der Waals surface area contributed by atoms with Gasteiger partial charge in [0, 0.05) is 5.92 Å². The molecule has 0 amide bonds. The SMILES string of the molecule is COC(=O)C1(C=Cc2ccccc2C(C)C=O)C=CC=CC1. The highest BCUT2D eigenvalue weighted by atomic mass is 16.5. The molecule has 0 fully saturated rings. The van der Waals surface area contributed by atoms with Crippen LogP contribution in [-0.2, 0) is 14.3 Å². The van der Waals surface area contributed by atoms with Crippen molar-refractivity contribution in [2.24, 2.45) is 5.41 Å². The van der Waals surface area contributed by atoms with Crippen LogP contribution in [0.2, 0.25) is 0 Å². The minimum Gasteiger partial charge on any atom is -0.468 e. The van der Waals surface area contributed by atoms with Gasteiger partial charge < -0.3 is 9.53 Å². The first-order valence-corrected chi connectivity index (χ1v) is 7.29. The molecule has 0 spiro atoms. The molecule has 0 radical (unpaired) electrons. The number of benzene rings is 1. The number of hydrogen-bond donors (Lipinski definition) is 0. The molecule has 1 aliphatic rings. The van der Waals surface area contributed by atoms with Gasteiger partial charge in [-0.2, -0.15) is 0 Å². The van der Waals surface area contributed by atoms with E-state index in [1.807, 2.05) is 67.6 Å². The van der Waals surface area contributed by atoms with Gasteiger partial charge in [-0.3, -0.25) is 4.79 Å². The van der Waals surface area contributed by atoms with E-state index in [1.54, 1.807) is 0 Å². The standard InChI is InChI=1S/C19H20O3/c1-15(14-20)17-9-5-4-8-16(17)10-13-19(18(21)22-2)11-6-3-7-12-19/h3-11,13-15H,12H2,1-2H3. The summed E-state index contributed by atoms with van der Waals surface area (Å²) in [6.07, 6.45) is 12.8. The van der Waals surface area contributed by atoms with Crippen molar-refractivity contribution in [3.8, 4) is 0 Å². The zero-order valence-corrected chi connectivity index (χ0v) is 12.9. The molecule has 114 valence electrons. The number of hydrogen-bond acceptors (Lipinski definition) is 3. The Morgan fingerprint density at radius 2 is 2.09 bits per heavy atom. The molecule has 0 N–H and O–H groups in total. The number of aldehydes is 1. The topological polar surface area (TPSA) is 43.4 Å². The first-order valence-electron chi connectivity index (χ1n) is 7.29. The van der Waals surface area contributed by atoms with Crippen molar-refractivity contribution >= 4 is 18.3 Å². The highest BCUT2D eigenvalue weighted by Gasteiger charge is 2.34. The highest BCUT2D eigenvalue weighted by Crippen LogP contribution is 2.32. The predicted molar refractivity (Wildman–Crippen MR) is 87.3 cm³/mol. The van der Waals surface area contributed by atoms with Crippen molar-refractivity contribution in [3.05, 3.63) is 65.8 Å². The maximum absolute atomic E-state index is 12.2. The van der Waals surface area contributed by atoms with Crippen molar-refractivity contribution in [1.82, 2.24) is 0 Å². The summed E-state index contributed by atoms with van der Waals surface area (Å²) in [6, 6.07) is 7.70. The first-order chi connectivity index (χ1) is 10.6. The fourth-order valence-corrected chi connectivity index (χ4v) is 2.56. The van der Waals surface area contributed by atoms with Crippen LogP contribution in [0, 0.1) is 5.41 Å². The summed E-state index contributed by atoms with van der Waals surface area (Å²) >= 11 is 0. The quantitative estimate of drug-likeness (QED) is 0.615. The van der Waals surface area contributed by atoms with Crippen LogP contribution in [0.3, 0.4) is 0 Å². The lowest BCUT2D eigenvalue weighted by Gasteiger charge is -2.24. The van der Waals surface area contributed by atoms with E-state index < -0.39 is 5.41 Å². The number of rotatable bonds is 5. The van der Waals surface area contributed by atoms with E-state index in [9.17, 15) is 9.59 Å². The Kier molecular flexibility index (Phi) is 5.10. The summed E-state index contributed by atoms with van der Waals surface area (Å²) in [5.74, 6) is -0.470. The van der Waals surface area contributed by atoms with Gasteiger partial charge in [-0.15, -0.1) is 0 Å². The second-order valence-corrected chi connectivity index (χ2v) is 5.41. The molecule has 1 aliphatic carbocycles. The van der Waals surface area contributed by atoms with E-state index in [0.29, 0.717) is 6.42 Å². The Balaban J connectivity index is 2.37. The molecule has 0 saturated heterocycles. The van der Waals surface area contributed by atoms with Gasteiger partial charge in [-0.25, -0.2) is 0 Å². The predicted octanol–water partition coefficient (Wildman–Crippen LogP) is 3.68. The summed E-state index contributed by atoms with van der Waals surface area (Å²) < 4.78 is 4.95. The average Bonchev–Trinajstić information content (AvgIpc) is 2.59. The van der Waals surface area contributed by atoms with Crippen molar-refractivity contribution < 1.29 is 14.3 Å². The van der Waals surface area contributed by atoms with Crippen LogP contribution in [0.25, 0.3) is 6.08 Å².